The number of esters is 1. The Labute approximate surface area is 124 Å². The molecule has 1 heterocycles. The molecular formula is C15H23NO5. The van der Waals surface area contributed by atoms with E-state index in [1.807, 2.05) is 0 Å². The highest BCUT2D eigenvalue weighted by atomic mass is 16.6. The van der Waals surface area contributed by atoms with Gasteiger partial charge in [-0.05, 0) is 25.7 Å². The summed E-state index contributed by atoms with van der Waals surface area (Å²) in [6.07, 6.45) is 4.82. The molecule has 1 N–H and O–H groups in total. The molecule has 2 rings (SSSR count). The van der Waals surface area contributed by atoms with Crippen LogP contribution in [0.25, 0.3) is 0 Å². The molecule has 3 atom stereocenters. The third-order valence-electron chi connectivity index (χ3n) is 3.94. The molecule has 0 radical (unpaired) electrons. The van der Waals surface area contributed by atoms with Crippen LogP contribution in [0.3, 0.4) is 0 Å². The van der Waals surface area contributed by atoms with Gasteiger partial charge in [0.05, 0.1) is 0 Å². The second-order valence-corrected chi connectivity index (χ2v) is 5.63. The van der Waals surface area contributed by atoms with Gasteiger partial charge in [0, 0.05) is 6.04 Å². The van der Waals surface area contributed by atoms with Crippen LogP contribution in [0.1, 0.15) is 39.5 Å². The number of carbonyl (C=O) groups excluding carboxylic acids is 2. The maximum atomic E-state index is 12.1. The van der Waals surface area contributed by atoms with Gasteiger partial charge in [-0.2, -0.15) is 0 Å². The van der Waals surface area contributed by atoms with Gasteiger partial charge in [0.2, 0.25) is 5.76 Å². The van der Waals surface area contributed by atoms with E-state index in [1.165, 1.54) is 12.7 Å². The van der Waals surface area contributed by atoms with Crippen LogP contribution < -0.4 is 5.32 Å². The Bertz CT molecular complexity index is 420. The Morgan fingerprint density at radius 3 is 2.76 bits per heavy atom. The average molecular weight is 297 g/mol. The minimum Gasteiger partial charge on any atom is -0.493 e. The van der Waals surface area contributed by atoms with E-state index < -0.39 is 12.1 Å². The van der Waals surface area contributed by atoms with E-state index in [0.29, 0.717) is 19.1 Å². The fourth-order valence-electron chi connectivity index (χ4n) is 2.58. The van der Waals surface area contributed by atoms with E-state index in [9.17, 15) is 9.59 Å². The summed E-state index contributed by atoms with van der Waals surface area (Å²) < 4.78 is 15.2. The quantitative estimate of drug-likeness (QED) is 0.796. The molecule has 6 nitrogen and oxygen atoms in total. The molecule has 1 aliphatic heterocycles. The van der Waals surface area contributed by atoms with Crippen LogP contribution in [-0.2, 0) is 23.8 Å². The van der Waals surface area contributed by atoms with Crippen molar-refractivity contribution in [1.29, 1.82) is 0 Å². The van der Waals surface area contributed by atoms with Crippen molar-refractivity contribution >= 4 is 11.9 Å². The zero-order valence-corrected chi connectivity index (χ0v) is 12.6. The highest BCUT2D eigenvalue weighted by molar-refractivity contribution is 5.89. The third-order valence-corrected chi connectivity index (χ3v) is 3.94. The molecule has 21 heavy (non-hydrogen) atoms. The lowest BCUT2D eigenvalue weighted by atomic mass is 9.86. The first-order chi connectivity index (χ1) is 10.1. The van der Waals surface area contributed by atoms with E-state index in [0.717, 1.165) is 19.3 Å². The third kappa shape index (κ3) is 4.37. The van der Waals surface area contributed by atoms with Gasteiger partial charge in [-0.25, -0.2) is 4.79 Å². The predicted octanol–water partition coefficient (Wildman–Crippen LogP) is 1.50. The summed E-state index contributed by atoms with van der Waals surface area (Å²) in [5.74, 6) is -0.469. The normalized spacial score (nSPS) is 26.7. The van der Waals surface area contributed by atoms with Crippen molar-refractivity contribution in [2.75, 3.05) is 13.2 Å². The van der Waals surface area contributed by atoms with Crippen molar-refractivity contribution in [2.45, 2.75) is 51.7 Å². The van der Waals surface area contributed by atoms with Crippen LogP contribution in [0.5, 0.6) is 0 Å². The number of carbonyl (C=O) groups is 2. The van der Waals surface area contributed by atoms with Gasteiger partial charge in [-0.1, -0.05) is 19.8 Å². The van der Waals surface area contributed by atoms with E-state index in [2.05, 4.69) is 12.2 Å². The van der Waals surface area contributed by atoms with Gasteiger partial charge in [0.1, 0.15) is 19.5 Å². The summed E-state index contributed by atoms with van der Waals surface area (Å²) in [6.45, 7) is 4.41. The second kappa shape index (κ2) is 7.33. The number of nitrogens with one attached hydrogen (secondary N) is 1. The van der Waals surface area contributed by atoms with Crippen molar-refractivity contribution in [3.63, 3.8) is 0 Å². The summed E-state index contributed by atoms with van der Waals surface area (Å²) in [4.78, 5) is 23.9. The van der Waals surface area contributed by atoms with Crippen LogP contribution in [0, 0.1) is 5.92 Å². The van der Waals surface area contributed by atoms with Gasteiger partial charge < -0.3 is 19.5 Å². The largest absolute Gasteiger partial charge is 0.493 e. The highest BCUT2D eigenvalue weighted by Crippen LogP contribution is 2.23. The molecule has 6 heteroatoms. The molecule has 1 saturated carbocycles. The zero-order valence-electron chi connectivity index (χ0n) is 12.6. The molecule has 1 aliphatic carbocycles. The van der Waals surface area contributed by atoms with E-state index in [1.54, 1.807) is 6.92 Å². The lowest BCUT2D eigenvalue weighted by molar-refractivity contribution is -0.155. The van der Waals surface area contributed by atoms with Crippen LogP contribution in [-0.4, -0.2) is 37.2 Å². The molecule has 0 saturated heterocycles. The molecule has 0 bridgehead atoms. The Morgan fingerprint density at radius 2 is 2.10 bits per heavy atom. The van der Waals surface area contributed by atoms with Gasteiger partial charge in [0.15, 0.2) is 6.10 Å². The van der Waals surface area contributed by atoms with E-state index in [-0.39, 0.29) is 17.7 Å². The highest BCUT2D eigenvalue weighted by Gasteiger charge is 2.27. The molecule has 1 amide bonds. The molecular weight excluding hydrogens is 274 g/mol. The molecule has 0 aromatic carbocycles. The monoisotopic (exact) mass is 297 g/mol. The molecule has 0 spiro atoms. The van der Waals surface area contributed by atoms with Gasteiger partial charge >= 0.3 is 5.97 Å². The van der Waals surface area contributed by atoms with Crippen LogP contribution in [0.2, 0.25) is 0 Å². The SMILES string of the molecule is C[C@@H]1CCCC[C@H]1NC(=O)[C@@H](C)OC(=O)C1=COCCO1. The van der Waals surface area contributed by atoms with Gasteiger partial charge in [0.25, 0.3) is 5.91 Å². The zero-order chi connectivity index (χ0) is 15.2. The summed E-state index contributed by atoms with van der Waals surface area (Å²) in [7, 11) is 0. The van der Waals surface area contributed by atoms with Gasteiger partial charge in [-0.3, -0.25) is 4.79 Å². The Kier molecular flexibility index (Phi) is 5.47. The van der Waals surface area contributed by atoms with Crippen LogP contribution in [0.15, 0.2) is 12.0 Å². The first-order valence-electron chi connectivity index (χ1n) is 7.54. The van der Waals surface area contributed by atoms with E-state index >= 15 is 0 Å². The Balaban J connectivity index is 1.81. The second-order valence-electron chi connectivity index (χ2n) is 5.63. The van der Waals surface area contributed by atoms with Crippen molar-refractivity contribution in [1.82, 2.24) is 5.32 Å². The van der Waals surface area contributed by atoms with Crippen LogP contribution >= 0.6 is 0 Å². The van der Waals surface area contributed by atoms with Crippen molar-refractivity contribution in [3.05, 3.63) is 12.0 Å². The van der Waals surface area contributed by atoms with Crippen molar-refractivity contribution < 1.29 is 23.8 Å². The molecule has 0 aromatic rings. The number of rotatable bonds is 4. The number of hydrogen-bond donors (Lipinski definition) is 1. The topological polar surface area (TPSA) is 73.9 Å². The molecule has 1 fully saturated rings. The molecule has 0 unspecified atom stereocenters. The first kappa shape index (κ1) is 15.7. The standard InChI is InChI=1S/C15H23NO5/c1-10-5-3-4-6-12(10)16-14(17)11(2)21-15(18)13-9-19-7-8-20-13/h9-12H,3-8H2,1-2H3,(H,16,17)/t10-,11-,12-/m1/s1. The molecule has 118 valence electrons. The van der Waals surface area contributed by atoms with Crippen molar-refractivity contribution in [2.24, 2.45) is 5.92 Å². The summed E-state index contributed by atoms with van der Waals surface area (Å²) in [6, 6.07) is 0.167. The number of amides is 1. The fraction of sp³-hybridized carbons (Fsp3) is 0.733. The minimum atomic E-state index is -0.849. The van der Waals surface area contributed by atoms with Crippen molar-refractivity contribution in [3.8, 4) is 0 Å². The lowest BCUT2D eigenvalue weighted by Gasteiger charge is -2.30. The first-order valence-corrected chi connectivity index (χ1v) is 7.54. The predicted molar refractivity (Wildman–Crippen MR) is 75.1 cm³/mol. The summed E-state index contributed by atoms with van der Waals surface area (Å²) in [5, 5.41) is 2.97. The number of ether oxygens (including phenoxy) is 3. The van der Waals surface area contributed by atoms with E-state index in [4.69, 9.17) is 14.2 Å². The smallest absolute Gasteiger partial charge is 0.377 e. The number of hydrogen-bond acceptors (Lipinski definition) is 5. The maximum Gasteiger partial charge on any atom is 0.377 e. The van der Waals surface area contributed by atoms with Crippen LogP contribution in [0.4, 0.5) is 0 Å². The Hall–Kier alpha value is -1.72. The fourth-order valence-corrected chi connectivity index (χ4v) is 2.58. The van der Waals surface area contributed by atoms with Gasteiger partial charge in [-0.15, -0.1) is 0 Å². The summed E-state index contributed by atoms with van der Waals surface area (Å²) >= 11 is 0. The lowest BCUT2D eigenvalue weighted by Crippen LogP contribution is -2.46. The Morgan fingerprint density at radius 1 is 1.33 bits per heavy atom. The molecule has 0 aromatic heterocycles. The maximum absolute atomic E-state index is 12.1. The minimum absolute atomic E-state index is 0.00642. The average Bonchev–Trinajstić information content (AvgIpc) is 2.50. The summed E-state index contributed by atoms with van der Waals surface area (Å²) in [5.41, 5.74) is 0. The molecule has 2 aliphatic rings.